The van der Waals surface area contributed by atoms with Gasteiger partial charge in [-0.25, -0.2) is 0 Å². The second-order valence-electron chi connectivity index (χ2n) is 4.64. The van der Waals surface area contributed by atoms with Gasteiger partial charge in [-0.3, -0.25) is 4.79 Å². The van der Waals surface area contributed by atoms with E-state index in [0.717, 1.165) is 16.9 Å². The van der Waals surface area contributed by atoms with Gasteiger partial charge in [0.05, 0.1) is 7.11 Å². The average Bonchev–Trinajstić information content (AvgIpc) is 2.58. The molecule has 0 unspecified atom stereocenters. The fraction of sp³-hybridized carbons (Fsp3) is 0.0500. The zero-order valence-corrected chi connectivity index (χ0v) is 12.5. The molecule has 0 spiro atoms. The minimum absolute atomic E-state index is 0.0551. The predicted octanol–water partition coefficient (Wildman–Crippen LogP) is 4.55. The lowest BCUT2D eigenvalue weighted by molar-refractivity contribution is -0.110. The van der Waals surface area contributed by atoms with Gasteiger partial charge in [-0.2, -0.15) is 0 Å². The lowest BCUT2D eigenvalue weighted by atomic mass is 10.2. The van der Waals surface area contributed by atoms with Crippen molar-refractivity contribution in [3.05, 3.63) is 90.0 Å². The third-order valence-corrected chi connectivity index (χ3v) is 2.99. The summed E-state index contributed by atoms with van der Waals surface area (Å²) in [6.07, 6.45) is 10.4. The molecule has 0 aliphatic carbocycles. The minimum atomic E-state index is -0.0551. The number of carbonyl (C=O) groups excluding carboxylic acids is 1. The fourth-order valence-corrected chi connectivity index (χ4v) is 1.86. The van der Waals surface area contributed by atoms with Gasteiger partial charge in [-0.05, 0) is 35.4 Å². The molecule has 0 fully saturated rings. The van der Waals surface area contributed by atoms with Crippen molar-refractivity contribution in [2.45, 2.75) is 0 Å². The largest absolute Gasteiger partial charge is 0.497 e. The van der Waals surface area contributed by atoms with Crippen LogP contribution in [0, 0.1) is 0 Å². The topological polar surface area (TPSA) is 26.3 Å². The first-order valence-electron chi connectivity index (χ1n) is 7.04. The molecule has 0 saturated heterocycles. The van der Waals surface area contributed by atoms with E-state index < -0.39 is 0 Å². The van der Waals surface area contributed by atoms with Gasteiger partial charge in [0, 0.05) is 0 Å². The van der Waals surface area contributed by atoms with Gasteiger partial charge >= 0.3 is 0 Å². The highest BCUT2D eigenvalue weighted by atomic mass is 16.5. The third kappa shape index (κ3) is 5.25. The van der Waals surface area contributed by atoms with Crippen molar-refractivity contribution in [3.63, 3.8) is 0 Å². The maximum Gasteiger partial charge on any atom is 0.178 e. The van der Waals surface area contributed by atoms with Crippen LogP contribution in [-0.2, 0) is 4.79 Å². The van der Waals surface area contributed by atoms with Crippen LogP contribution in [0.2, 0.25) is 0 Å². The molecule has 2 rings (SSSR count). The molecule has 0 bridgehead atoms. The highest BCUT2D eigenvalue weighted by Crippen LogP contribution is 2.13. The van der Waals surface area contributed by atoms with E-state index in [-0.39, 0.29) is 5.78 Å². The Morgan fingerprint density at radius 2 is 1.64 bits per heavy atom. The van der Waals surface area contributed by atoms with Crippen LogP contribution in [-0.4, -0.2) is 12.9 Å². The molecule has 0 N–H and O–H groups in total. The molecule has 0 saturated carbocycles. The average molecular weight is 290 g/mol. The van der Waals surface area contributed by atoms with Crippen molar-refractivity contribution in [3.8, 4) is 5.75 Å². The Morgan fingerprint density at radius 1 is 0.864 bits per heavy atom. The first-order chi connectivity index (χ1) is 10.8. The molecule has 2 aromatic rings. The Morgan fingerprint density at radius 3 is 2.41 bits per heavy atom. The van der Waals surface area contributed by atoms with Gasteiger partial charge in [0.25, 0.3) is 0 Å². The molecule has 0 aromatic heterocycles. The Bertz CT molecular complexity index is 695. The second kappa shape index (κ2) is 8.42. The van der Waals surface area contributed by atoms with Crippen LogP contribution in [0.4, 0.5) is 0 Å². The maximum absolute atomic E-state index is 11.7. The van der Waals surface area contributed by atoms with Gasteiger partial charge in [0.2, 0.25) is 0 Å². The second-order valence-corrected chi connectivity index (χ2v) is 4.64. The summed E-state index contributed by atoms with van der Waals surface area (Å²) >= 11 is 0. The van der Waals surface area contributed by atoms with Crippen LogP contribution < -0.4 is 4.74 Å². The van der Waals surface area contributed by atoms with E-state index in [1.165, 1.54) is 6.08 Å². The first kappa shape index (κ1) is 15.5. The van der Waals surface area contributed by atoms with E-state index in [9.17, 15) is 4.79 Å². The van der Waals surface area contributed by atoms with Crippen LogP contribution >= 0.6 is 0 Å². The SMILES string of the molecule is COc1cccc(/C=C/C(=O)/C=C/C=C\c2ccccc2)c1. The van der Waals surface area contributed by atoms with Crippen molar-refractivity contribution in [1.82, 2.24) is 0 Å². The monoisotopic (exact) mass is 290 g/mol. The van der Waals surface area contributed by atoms with E-state index in [1.807, 2.05) is 66.7 Å². The number of ketones is 1. The van der Waals surface area contributed by atoms with Gasteiger partial charge < -0.3 is 4.74 Å². The molecule has 0 amide bonds. The van der Waals surface area contributed by atoms with E-state index in [2.05, 4.69) is 0 Å². The van der Waals surface area contributed by atoms with Gasteiger partial charge in [0.15, 0.2) is 5.78 Å². The van der Waals surface area contributed by atoms with Crippen molar-refractivity contribution >= 4 is 17.9 Å². The molecule has 2 nitrogen and oxygen atoms in total. The standard InChI is InChI=1S/C20H18O2/c1-22-20-13-7-11-18(16-20)14-15-19(21)12-6-5-10-17-8-3-2-4-9-17/h2-16H,1H3/b10-5-,12-6+,15-14+. The molecule has 22 heavy (non-hydrogen) atoms. The van der Waals surface area contributed by atoms with Crippen LogP contribution in [0.3, 0.4) is 0 Å². The summed E-state index contributed by atoms with van der Waals surface area (Å²) in [5, 5.41) is 0. The van der Waals surface area contributed by atoms with E-state index in [0.29, 0.717) is 0 Å². The number of ether oxygens (including phenoxy) is 1. The van der Waals surface area contributed by atoms with Crippen LogP contribution in [0.5, 0.6) is 5.75 Å². The van der Waals surface area contributed by atoms with E-state index >= 15 is 0 Å². The Hall–Kier alpha value is -2.87. The van der Waals surface area contributed by atoms with Gasteiger partial charge in [-0.15, -0.1) is 0 Å². The molecular formula is C20H18O2. The van der Waals surface area contributed by atoms with Crippen LogP contribution in [0.1, 0.15) is 11.1 Å². The number of allylic oxidation sites excluding steroid dienone is 4. The van der Waals surface area contributed by atoms with Crippen molar-refractivity contribution in [2.75, 3.05) is 7.11 Å². The normalized spacial score (nSPS) is 11.5. The van der Waals surface area contributed by atoms with Crippen LogP contribution in [0.25, 0.3) is 12.2 Å². The number of hydrogen-bond acceptors (Lipinski definition) is 2. The van der Waals surface area contributed by atoms with Crippen molar-refractivity contribution in [1.29, 1.82) is 0 Å². The number of carbonyl (C=O) groups is 1. The van der Waals surface area contributed by atoms with Gasteiger partial charge in [0.1, 0.15) is 5.75 Å². The molecule has 0 atom stereocenters. The molecule has 0 aliphatic heterocycles. The number of hydrogen-bond donors (Lipinski definition) is 0. The molecule has 2 aromatic carbocycles. The van der Waals surface area contributed by atoms with Crippen molar-refractivity contribution < 1.29 is 9.53 Å². The number of benzene rings is 2. The third-order valence-electron chi connectivity index (χ3n) is 2.99. The zero-order chi connectivity index (χ0) is 15.6. The number of methoxy groups -OCH3 is 1. The zero-order valence-electron chi connectivity index (χ0n) is 12.5. The molecule has 110 valence electrons. The summed E-state index contributed by atoms with van der Waals surface area (Å²) in [4.78, 5) is 11.7. The Labute approximate surface area is 131 Å². The molecular weight excluding hydrogens is 272 g/mol. The highest BCUT2D eigenvalue weighted by molar-refractivity contribution is 6.02. The quantitative estimate of drug-likeness (QED) is 0.576. The van der Waals surface area contributed by atoms with E-state index in [4.69, 9.17) is 4.74 Å². The van der Waals surface area contributed by atoms with Crippen molar-refractivity contribution in [2.24, 2.45) is 0 Å². The summed E-state index contributed by atoms with van der Waals surface area (Å²) < 4.78 is 5.14. The van der Waals surface area contributed by atoms with Gasteiger partial charge in [-0.1, -0.05) is 66.8 Å². The fourth-order valence-electron chi connectivity index (χ4n) is 1.86. The Balaban J connectivity index is 1.90. The predicted molar refractivity (Wildman–Crippen MR) is 91.7 cm³/mol. The summed E-state index contributed by atoms with van der Waals surface area (Å²) in [5.74, 6) is 0.719. The summed E-state index contributed by atoms with van der Waals surface area (Å²) in [7, 11) is 1.62. The lowest BCUT2D eigenvalue weighted by Gasteiger charge is -1.99. The van der Waals surface area contributed by atoms with Crippen LogP contribution in [0.15, 0.2) is 78.9 Å². The molecule has 0 radical (unpaired) electrons. The van der Waals surface area contributed by atoms with E-state index in [1.54, 1.807) is 25.3 Å². The minimum Gasteiger partial charge on any atom is -0.497 e. The lowest BCUT2D eigenvalue weighted by Crippen LogP contribution is -1.85. The maximum atomic E-state index is 11.7. The first-order valence-corrected chi connectivity index (χ1v) is 7.04. The summed E-state index contributed by atoms with van der Waals surface area (Å²) in [6.45, 7) is 0. The molecule has 0 heterocycles. The number of rotatable bonds is 6. The summed E-state index contributed by atoms with van der Waals surface area (Å²) in [6, 6.07) is 17.5. The summed E-state index contributed by atoms with van der Waals surface area (Å²) in [5.41, 5.74) is 2.03. The Kier molecular flexibility index (Phi) is 5.94. The molecule has 0 aliphatic rings. The smallest absolute Gasteiger partial charge is 0.178 e. The highest BCUT2D eigenvalue weighted by Gasteiger charge is 1.93. The molecule has 2 heteroatoms.